The Morgan fingerprint density at radius 3 is 2.85 bits per heavy atom. The van der Waals surface area contributed by atoms with E-state index in [-0.39, 0.29) is 10.5 Å². The first-order valence-corrected chi connectivity index (χ1v) is 7.64. The minimum absolute atomic E-state index is 0.0832. The van der Waals surface area contributed by atoms with Gasteiger partial charge in [-0.2, -0.15) is 0 Å². The molecule has 0 unspecified atom stereocenters. The van der Waals surface area contributed by atoms with Gasteiger partial charge in [-0.15, -0.1) is 0 Å². The lowest BCUT2D eigenvalue weighted by Crippen LogP contribution is -2.24. The predicted molar refractivity (Wildman–Crippen MR) is 76.1 cm³/mol. The second-order valence-corrected chi connectivity index (χ2v) is 6.08. The number of hydrogen-bond donors (Lipinski definition) is 1. The van der Waals surface area contributed by atoms with Gasteiger partial charge in [-0.1, -0.05) is 12.2 Å². The molecule has 0 aliphatic heterocycles. The third-order valence-corrected chi connectivity index (χ3v) is 4.37. The Hall–Kier alpha value is -1.86. The van der Waals surface area contributed by atoms with Crippen molar-refractivity contribution in [1.82, 2.24) is 9.29 Å². The summed E-state index contributed by atoms with van der Waals surface area (Å²) in [6.07, 6.45) is 4.36. The zero-order chi connectivity index (χ0) is 14.8. The summed E-state index contributed by atoms with van der Waals surface area (Å²) in [5.74, 6) is -0.518. The van der Waals surface area contributed by atoms with E-state index in [0.29, 0.717) is 18.5 Å². The third kappa shape index (κ3) is 2.83. The molecule has 108 valence electrons. The summed E-state index contributed by atoms with van der Waals surface area (Å²) < 4.78 is 32.9. The van der Waals surface area contributed by atoms with Crippen LogP contribution in [0.3, 0.4) is 0 Å². The number of aryl methyl sites for hydroxylation is 1. The van der Waals surface area contributed by atoms with Crippen LogP contribution in [0.5, 0.6) is 0 Å². The Kier molecular flexibility index (Phi) is 4.10. The van der Waals surface area contributed by atoms with Crippen molar-refractivity contribution >= 4 is 21.1 Å². The minimum Gasteiger partial charge on any atom is -0.408 e. The van der Waals surface area contributed by atoms with Gasteiger partial charge in [-0.25, -0.2) is 17.9 Å². The van der Waals surface area contributed by atoms with Crippen LogP contribution in [0.1, 0.15) is 13.3 Å². The number of oxazole rings is 1. The summed E-state index contributed by atoms with van der Waals surface area (Å²) in [6.45, 7) is 2.20. The Labute approximate surface area is 116 Å². The van der Waals surface area contributed by atoms with Crippen LogP contribution >= 0.6 is 0 Å². The molecule has 1 N–H and O–H groups in total. The van der Waals surface area contributed by atoms with Crippen molar-refractivity contribution in [2.24, 2.45) is 7.05 Å². The molecule has 0 radical (unpaired) electrons. The van der Waals surface area contributed by atoms with E-state index >= 15 is 0 Å². The molecule has 0 bridgehead atoms. The number of hydrogen-bond acceptors (Lipinski definition) is 4. The molecule has 20 heavy (non-hydrogen) atoms. The Morgan fingerprint density at radius 1 is 1.40 bits per heavy atom. The summed E-state index contributed by atoms with van der Waals surface area (Å²) >= 11 is 0. The van der Waals surface area contributed by atoms with Crippen LogP contribution in [0.2, 0.25) is 0 Å². The van der Waals surface area contributed by atoms with E-state index in [1.54, 1.807) is 13.1 Å². The molecule has 0 amide bonds. The minimum atomic E-state index is -3.59. The van der Waals surface area contributed by atoms with E-state index in [0.717, 1.165) is 0 Å². The first kappa shape index (κ1) is 14.5. The number of sulfonamides is 1. The number of nitrogens with zero attached hydrogens (tertiary/aromatic N) is 1. The van der Waals surface area contributed by atoms with E-state index in [4.69, 9.17) is 4.42 Å². The zero-order valence-corrected chi connectivity index (χ0v) is 12.1. The van der Waals surface area contributed by atoms with Crippen LogP contribution in [-0.4, -0.2) is 19.5 Å². The second kappa shape index (κ2) is 5.64. The molecule has 7 heteroatoms. The number of aromatic nitrogens is 1. The fourth-order valence-corrected chi connectivity index (χ4v) is 2.87. The number of fused-ring (bicyclic) bond motifs is 1. The van der Waals surface area contributed by atoms with Crippen molar-refractivity contribution in [3.05, 3.63) is 40.9 Å². The Morgan fingerprint density at radius 2 is 2.15 bits per heavy atom. The number of nitrogens with one attached hydrogen (secondary N) is 1. The van der Waals surface area contributed by atoms with E-state index in [2.05, 4.69) is 4.72 Å². The van der Waals surface area contributed by atoms with Crippen LogP contribution in [0.25, 0.3) is 11.1 Å². The van der Waals surface area contributed by atoms with Crippen LogP contribution < -0.4 is 10.5 Å². The van der Waals surface area contributed by atoms with Gasteiger partial charge >= 0.3 is 5.76 Å². The fraction of sp³-hybridized carbons (Fsp3) is 0.308. The second-order valence-electron chi connectivity index (χ2n) is 4.31. The van der Waals surface area contributed by atoms with Crippen molar-refractivity contribution in [1.29, 1.82) is 0 Å². The molecule has 0 fully saturated rings. The first-order valence-electron chi connectivity index (χ1n) is 6.16. The molecule has 0 atom stereocenters. The average molecular weight is 296 g/mol. The maximum absolute atomic E-state index is 12.1. The van der Waals surface area contributed by atoms with E-state index in [1.165, 1.54) is 16.7 Å². The normalized spacial score (nSPS) is 12.5. The molecular weight excluding hydrogens is 280 g/mol. The Balaban J connectivity index is 2.30. The summed E-state index contributed by atoms with van der Waals surface area (Å²) in [5, 5.41) is 0. The summed E-state index contributed by atoms with van der Waals surface area (Å²) in [6, 6.07) is 4.37. The molecule has 6 nitrogen and oxygen atoms in total. The zero-order valence-electron chi connectivity index (χ0n) is 11.3. The highest BCUT2D eigenvalue weighted by molar-refractivity contribution is 7.89. The highest BCUT2D eigenvalue weighted by atomic mass is 32.2. The van der Waals surface area contributed by atoms with Gasteiger partial charge in [0.15, 0.2) is 5.58 Å². The van der Waals surface area contributed by atoms with Crippen LogP contribution in [-0.2, 0) is 17.1 Å². The van der Waals surface area contributed by atoms with Crippen molar-refractivity contribution in [2.75, 3.05) is 6.54 Å². The molecule has 2 rings (SSSR count). The average Bonchev–Trinajstić information content (AvgIpc) is 2.70. The topological polar surface area (TPSA) is 81.3 Å². The smallest absolute Gasteiger partial charge is 0.408 e. The molecule has 1 aromatic carbocycles. The highest BCUT2D eigenvalue weighted by Gasteiger charge is 2.16. The van der Waals surface area contributed by atoms with Gasteiger partial charge in [0, 0.05) is 19.7 Å². The first-order chi connectivity index (χ1) is 9.45. The molecular formula is C13H16N2O4S. The van der Waals surface area contributed by atoms with E-state index < -0.39 is 15.8 Å². The molecule has 0 aliphatic carbocycles. The molecule has 0 aliphatic rings. The van der Waals surface area contributed by atoms with Gasteiger partial charge in [0.05, 0.1) is 10.4 Å². The lowest BCUT2D eigenvalue weighted by molar-refractivity contribution is 0.527. The predicted octanol–water partition coefficient (Wildman–Crippen LogP) is 1.38. The summed E-state index contributed by atoms with van der Waals surface area (Å²) in [4.78, 5) is 11.5. The van der Waals surface area contributed by atoms with Crippen molar-refractivity contribution in [3.8, 4) is 0 Å². The molecule has 0 saturated carbocycles. The van der Waals surface area contributed by atoms with E-state index in [1.807, 2.05) is 19.1 Å². The van der Waals surface area contributed by atoms with Gasteiger partial charge in [0.1, 0.15) is 0 Å². The lowest BCUT2D eigenvalue weighted by Gasteiger charge is -2.05. The van der Waals surface area contributed by atoms with E-state index in [9.17, 15) is 13.2 Å². The maximum Gasteiger partial charge on any atom is 0.419 e. The molecule has 1 aromatic heterocycles. The standard InChI is InChI=1S/C13H16N2O4S/c1-3-4-5-8-14-20(17,18)10-6-7-11-12(9-10)19-13(16)15(11)2/h3-4,6-7,9,14H,5,8H2,1-2H3/b4-3+. The molecule has 2 aromatic rings. The van der Waals surface area contributed by atoms with Crippen LogP contribution in [0.15, 0.2) is 44.5 Å². The largest absolute Gasteiger partial charge is 0.419 e. The molecule has 1 heterocycles. The van der Waals surface area contributed by atoms with Crippen molar-refractivity contribution < 1.29 is 12.8 Å². The van der Waals surface area contributed by atoms with Crippen molar-refractivity contribution in [3.63, 3.8) is 0 Å². The van der Waals surface area contributed by atoms with Gasteiger partial charge in [0.25, 0.3) is 0 Å². The van der Waals surface area contributed by atoms with Crippen LogP contribution in [0, 0.1) is 0 Å². The lowest BCUT2D eigenvalue weighted by atomic mass is 10.3. The van der Waals surface area contributed by atoms with Gasteiger partial charge < -0.3 is 4.42 Å². The quantitative estimate of drug-likeness (QED) is 0.667. The van der Waals surface area contributed by atoms with Gasteiger partial charge in [0.2, 0.25) is 10.0 Å². The fourth-order valence-electron chi connectivity index (χ4n) is 1.81. The summed E-state index contributed by atoms with van der Waals surface area (Å²) in [7, 11) is -2.02. The third-order valence-electron chi connectivity index (χ3n) is 2.91. The van der Waals surface area contributed by atoms with Gasteiger partial charge in [-0.05, 0) is 25.5 Å². The summed E-state index contributed by atoms with van der Waals surface area (Å²) in [5.41, 5.74) is 0.816. The van der Waals surface area contributed by atoms with Gasteiger partial charge in [-0.3, -0.25) is 4.57 Å². The van der Waals surface area contributed by atoms with Crippen LogP contribution in [0.4, 0.5) is 0 Å². The molecule has 0 saturated heterocycles. The maximum atomic E-state index is 12.1. The van der Waals surface area contributed by atoms with Crippen molar-refractivity contribution in [2.45, 2.75) is 18.2 Å². The molecule has 0 spiro atoms. The monoisotopic (exact) mass is 296 g/mol. The highest BCUT2D eigenvalue weighted by Crippen LogP contribution is 2.17. The number of rotatable bonds is 5. The number of allylic oxidation sites excluding steroid dienone is 1. The Bertz CT molecular complexity index is 799. The SMILES string of the molecule is C/C=C/CCNS(=O)(=O)c1ccc2c(c1)oc(=O)n2C. The number of benzene rings is 1.